The van der Waals surface area contributed by atoms with Gasteiger partial charge in [0.2, 0.25) is 0 Å². The molecule has 0 aromatic heterocycles. The Bertz CT molecular complexity index is 562. The molecular formula is C17H19NO2. The molecule has 0 aliphatic carbocycles. The fourth-order valence-corrected chi connectivity index (χ4v) is 2.45. The molecule has 3 heteroatoms. The van der Waals surface area contributed by atoms with Gasteiger partial charge in [0.05, 0.1) is 11.8 Å². The van der Waals surface area contributed by atoms with Crippen molar-refractivity contribution in [2.45, 2.75) is 18.9 Å². The van der Waals surface area contributed by atoms with Crippen LogP contribution in [0.1, 0.15) is 12.8 Å². The van der Waals surface area contributed by atoms with Crippen LogP contribution in [0.25, 0.3) is 11.1 Å². The summed E-state index contributed by atoms with van der Waals surface area (Å²) < 4.78 is 11.3. The first-order valence-corrected chi connectivity index (χ1v) is 7.02. The van der Waals surface area contributed by atoms with E-state index in [-0.39, 0.29) is 6.10 Å². The summed E-state index contributed by atoms with van der Waals surface area (Å²) in [4.78, 5) is 0. The minimum absolute atomic E-state index is 0.211. The lowest BCUT2D eigenvalue weighted by molar-refractivity contribution is 0.0682. The summed E-state index contributed by atoms with van der Waals surface area (Å²) in [6, 6.07) is 16.1. The second-order valence-corrected chi connectivity index (χ2v) is 5.06. The maximum Gasteiger partial charge on any atom is 0.142 e. The van der Waals surface area contributed by atoms with Crippen LogP contribution in [0.15, 0.2) is 48.5 Å². The van der Waals surface area contributed by atoms with Gasteiger partial charge < -0.3 is 15.2 Å². The third kappa shape index (κ3) is 2.94. The lowest BCUT2D eigenvalue weighted by atomic mass is 10.1. The second kappa shape index (κ2) is 5.97. The zero-order chi connectivity index (χ0) is 13.8. The average Bonchev–Trinajstić information content (AvgIpc) is 3.00. The number of ether oxygens (including phenoxy) is 2. The number of nitrogen functional groups attached to an aromatic ring is 1. The van der Waals surface area contributed by atoms with Gasteiger partial charge in [0.15, 0.2) is 0 Å². The van der Waals surface area contributed by atoms with Crippen LogP contribution in [0.4, 0.5) is 5.69 Å². The van der Waals surface area contributed by atoms with Gasteiger partial charge >= 0.3 is 0 Å². The zero-order valence-corrected chi connectivity index (χ0v) is 11.4. The Morgan fingerprint density at radius 3 is 2.65 bits per heavy atom. The number of rotatable bonds is 4. The summed E-state index contributed by atoms with van der Waals surface area (Å²) >= 11 is 0. The number of anilines is 1. The number of nitrogens with two attached hydrogens (primary N) is 1. The van der Waals surface area contributed by atoms with E-state index in [4.69, 9.17) is 15.2 Å². The van der Waals surface area contributed by atoms with Crippen molar-refractivity contribution in [1.82, 2.24) is 0 Å². The fourth-order valence-electron chi connectivity index (χ4n) is 2.45. The minimum Gasteiger partial charge on any atom is -0.489 e. The molecule has 3 rings (SSSR count). The van der Waals surface area contributed by atoms with E-state index in [2.05, 4.69) is 12.1 Å². The molecule has 0 spiro atoms. The third-order valence-corrected chi connectivity index (χ3v) is 3.57. The zero-order valence-electron chi connectivity index (χ0n) is 11.4. The quantitative estimate of drug-likeness (QED) is 0.864. The summed E-state index contributed by atoms with van der Waals surface area (Å²) in [5.41, 5.74) is 9.01. The molecule has 0 bridgehead atoms. The van der Waals surface area contributed by atoms with E-state index in [1.807, 2.05) is 36.4 Å². The van der Waals surface area contributed by atoms with Gasteiger partial charge in [-0.1, -0.05) is 36.4 Å². The Balaban J connectivity index is 1.71. The molecule has 1 atom stereocenters. The van der Waals surface area contributed by atoms with Crippen molar-refractivity contribution in [2.24, 2.45) is 0 Å². The van der Waals surface area contributed by atoms with Gasteiger partial charge in [-0.05, 0) is 36.1 Å². The van der Waals surface area contributed by atoms with Crippen LogP contribution in [-0.4, -0.2) is 19.3 Å². The van der Waals surface area contributed by atoms with Crippen LogP contribution < -0.4 is 10.5 Å². The van der Waals surface area contributed by atoms with E-state index in [9.17, 15) is 0 Å². The first-order valence-electron chi connectivity index (χ1n) is 7.02. The van der Waals surface area contributed by atoms with Gasteiger partial charge in [-0.2, -0.15) is 0 Å². The van der Waals surface area contributed by atoms with Crippen LogP contribution in [0.3, 0.4) is 0 Å². The Labute approximate surface area is 119 Å². The summed E-state index contributed by atoms with van der Waals surface area (Å²) in [7, 11) is 0. The largest absolute Gasteiger partial charge is 0.489 e. The molecule has 104 valence electrons. The highest BCUT2D eigenvalue weighted by atomic mass is 16.5. The molecule has 1 fully saturated rings. The average molecular weight is 269 g/mol. The van der Waals surface area contributed by atoms with Gasteiger partial charge in [-0.3, -0.25) is 0 Å². The van der Waals surface area contributed by atoms with Crippen molar-refractivity contribution in [3.05, 3.63) is 48.5 Å². The van der Waals surface area contributed by atoms with Crippen LogP contribution in [0.2, 0.25) is 0 Å². The highest BCUT2D eigenvalue weighted by molar-refractivity contribution is 5.70. The molecule has 1 aliphatic rings. The Morgan fingerprint density at radius 2 is 1.95 bits per heavy atom. The molecule has 1 aliphatic heterocycles. The van der Waals surface area contributed by atoms with Crippen LogP contribution in [-0.2, 0) is 4.74 Å². The molecule has 0 saturated carbocycles. The number of benzene rings is 2. The normalized spacial score (nSPS) is 18.1. The minimum atomic E-state index is 0.211. The van der Waals surface area contributed by atoms with Crippen molar-refractivity contribution < 1.29 is 9.47 Å². The molecule has 1 heterocycles. The SMILES string of the molecule is Nc1cc(-c2ccccc2)ccc1OCC1CCCO1. The molecule has 0 radical (unpaired) electrons. The predicted octanol–water partition coefficient (Wildman–Crippen LogP) is 3.49. The second-order valence-electron chi connectivity index (χ2n) is 5.06. The Morgan fingerprint density at radius 1 is 1.10 bits per heavy atom. The lowest BCUT2D eigenvalue weighted by Gasteiger charge is -2.14. The van der Waals surface area contributed by atoms with Gasteiger partial charge in [0, 0.05) is 6.61 Å². The molecular weight excluding hydrogens is 250 g/mol. The highest BCUT2D eigenvalue weighted by Crippen LogP contribution is 2.29. The van der Waals surface area contributed by atoms with E-state index in [0.29, 0.717) is 12.3 Å². The van der Waals surface area contributed by atoms with E-state index in [1.165, 1.54) is 0 Å². The molecule has 0 amide bonds. The summed E-state index contributed by atoms with van der Waals surface area (Å²) in [5, 5.41) is 0. The molecule has 1 unspecified atom stereocenters. The molecule has 20 heavy (non-hydrogen) atoms. The predicted molar refractivity (Wildman–Crippen MR) is 80.8 cm³/mol. The van der Waals surface area contributed by atoms with Crippen molar-refractivity contribution in [2.75, 3.05) is 18.9 Å². The Kier molecular flexibility index (Phi) is 3.88. The van der Waals surface area contributed by atoms with Gasteiger partial charge in [-0.25, -0.2) is 0 Å². The maximum atomic E-state index is 6.08. The van der Waals surface area contributed by atoms with Crippen molar-refractivity contribution >= 4 is 5.69 Å². The summed E-state index contributed by atoms with van der Waals surface area (Å²) in [5.74, 6) is 0.736. The maximum absolute atomic E-state index is 6.08. The van der Waals surface area contributed by atoms with E-state index in [0.717, 1.165) is 36.3 Å². The lowest BCUT2D eigenvalue weighted by Crippen LogP contribution is -2.16. The first-order chi connectivity index (χ1) is 9.83. The summed E-state index contributed by atoms with van der Waals surface area (Å²) in [6.07, 6.45) is 2.40. The fraction of sp³-hybridized carbons (Fsp3) is 0.294. The topological polar surface area (TPSA) is 44.5 Å². The Hall–Kier alpha value is -2.00. The molecule has 3 nitrogen and oxygen atoms in total. The molecule has 2 aromatic carbocycles. The van der Waals surface area contributed by atoms with E-state index >= 15 is 0 Å². The van der Waals surface area contributed by atoms with Gasteiger partial charge in [0.25, 0.3) is 0 Å². The van der Waals surface area contributed by atoms with Crippen LogP contribution >= 0.6 is 0 Å². The monoisotopic (exact) mass is 269 g/mol. The van der Waals surface area contributed by atoms with Crippen molar-refractivity contribution in [1.29, 1.82) is 0 Å². The standard InChI is InChI=1S/C17H19NO2/c18-16-11-14(13-5-2-1-3-6-13)8-9-17(16)20-12-15-7-4-10-19-15/h1-3,5-6,8-9,11,15H,4,7,10,12,18H2. The third-order valence-electron chi connectivity index (χ3n) is 3.57. The van der Waals surface area contributed by atoms with Gasteiger partial charge in [-0.15, -0.1) is 0 Å². The molecule has 1 saturated heterocycles. The first kappa shape index (κ1) is 13.0. The van der Waals surface area contributed by atoms with Crippen LogP contribution in [0.5, 0.6) is 5.75 Å². The van der Waals surface area contributed by atoms with Gasteiger partial charge in [0.1, 0.15) is 12.4 Å². The molecule has 2 N–H and O–H groups in total. The number of hydrogen-bond acceptors (Lipinski definition) is 3. The number of hydrogen-bond donors (Lipinski definition) is 1. The summed E-state index contributed by atoms with van der Waals surface area (Å²) in [6.45, 7) is 1.42. The van der Waals surface area contributed by atoms with E-state index < -0.39 is 0 Å². The van der Waals surface area contributed by atoms with Crippen molar-refractivity contribution in [3.63, 3.8) is 0 Å². The smallest absolute Gasteiger partial charge is 0.142 e. The van der Waals surface area contributed by atoms with Crippen LogP contribution in [0, 0.1) is 0 Å². The molecule has 2 aromatic rings. The highest BCUT2D eigenvalue weighted by Gasteiger charge is 2.16. The van der Waals surface area contributed by atoms with E-state index in [1.54, 1.807) is 0 Å². The van der Waals surface area contributed by atoms with Crippen molar-refractivity contribution in [3.8, 4) is 16.9 Å².